The quantitative estimate of drug-likeness (QED) is 0.400. The molecule has 1 fully saturated rings. The van der Waals surface area contributed by atoms with Crippen LogP contribution in [0.3, 0.4) is 0 Å². The van der Waals surface area contributed by atoms with E-state index in [9.17, 15) is 0 Å². The Hall–Kier alpha value is 0.0249. The third kappa shape index (κ3) is 0.746. The molecule has 0 unspecified atom stereocenters. The molecule has 2 heteroatoms. The molecule has 0 bridgehead atoms. The predicted molar refractivity (Wildman–Crippen MR) is 26.8 cm³/mol. The highest BCUT2D eigenvalue weighted by Crippen LogP contribution is 1.98. The van der Waals surface area contributed by atoms with Crippen molar-refractivity contribution in [3.8, 4) is 0 Å². The maximum absolute atomic E-state index is 5.42. The van der Waals surface area contributed by atoms with Gasteiger partial charge in [-0.25, -0.2) is 0 Å². The Balaban J connectivity index is 2.18. The topological polar surface area (TPSA) is 12.0 Å². The van der Waals surface area contributed by atoms with Gasteiger partial charge in [0, 0.05) is 0 Å². The molecular formula is C4H8BN. The van der Waals surface area contributed by atoms with E-state index >= 15 is 0 Å². The second kappa shape index (κ2) is 1.65. The van der Waals surface area contributed by atoms with Crippen molar-refractivity contribution in [3.05, 3.63) is 0 Å². The van der Waals surface area contributed by atoms with E-state index in [1.54, 1.807) is 0 Å². The largest absolute Gasteiger partial charge is 0.322 e. The van der Waals surface area contributed by atoms with E-state index in [1.807, 2.05) is 0 Å². The van der Waals surface area contributed by atoms with Crippen LogP contribution in [0.5, 0.6) is 0 Å². The molecule has 1 N–H and O–H groups in total. The Morgan fingerprint density at radius 1 is 1.67 bits per heavy atom. The summed E-state index contributed by atoms with van der Waals surface area (Å²) in [7, 11) is 5.42. The van der Waals surface area contributed by atoms with Crippen LogP contribution in [-0.2, 0) is 0 Å². The van der Waals surface area contributed by atoms with Crippen molar-refractivity contribution in [2.75, 3.05) is 6.54 Å². The summed E-state index contributed by atoms with van der Waals surface area (Å²) < 4.78 is 0. The molecule has 1 atom stereocenters. The standard InChI is InChI=1S/C4H8BN/c5-4-2-1-3-6-4/h4,6H,1-3H2/t4-/m0/s1. The average Bonchev–Trinajstić information content (AvgIpc) is 1.86. The minimum Gasteiger partial charge on any atom is -0.322 e. The van der Waals surface area contributed by atoms with Gasteiger partial charge in [0.1, 0.15) is 0 Å². The lowest BCUT2D eigenvalue weighted by molar-refractivity contribution is 0.794. The first-order valence-corrected chi connectivity index (χ1v) is 2.38. The summed E-state index contributed by atoms with van der Waals surface area (Å²) in [6.45, 7) is 1.11. The first-order chi connectivity index (χ1) is 2.89. The van der Waals surface area contributed by atoms with E-state index in [-0.39, 0.29) is 0 Å². The molecule has 1 nitrogen and oxygen atoms in total. The number of hydrogen-bond donors (Lipinski definition) is 1. The van der Waals surface area contributed by atoms with Gasteiger partial charge in [0.2, 0.25) is 0 Å². The van der Waals surface area contributed by atoms with Gasteiger partial charge < -0.3 is 5.32 Å². The fraction of sp³-hybridized carbons (Fsp3) is 1.00. The number of nitrogens with one attached hydrogen (secondary N) is 1. The van der Waals surface area contributed by atoms with Crippen molar-refractivity contribution in [1.82, 2.24) is 5.32 Å². The van der Waals surface area contributed by atoms with Crippen LogP contribution in [0.1, 0.15) is 12.8 Å². The van der Waals surface area contributed by atoms with Gasteiger partial charge in [-0.15, -0.1) is 0 Å². The van der Waals surface area contributed by atoms with E-state index in [4.69, 9.17) is 7.85 Å². The first-order valence-electron chi connectivity index (χ1n) is 2.38. The van der Waals surface area contributed by atoms with Crippen LogP contribution in [0.15, 0.2) is 0 Å². The molecule has 1 aliphatic rings. The lowest BCUT2D eigenvalue weighted by Gasteiger charge is -1.95. The fourth-order valence-corrected chi connectivity index (χ4v) is 0.711. The second-order valence-corrected chi connectivity index (χ2v) is 1.70. The summed E-state index contributed by atoms with van der Waals surface area (Å²) in [5, 5.41) is 3.10. The molecule has 0 amide bonds. The van der Waals surface area contributed by atoms with Crippen LogP contribution < -0.4 is 5.32 Å². The SMILES string of the molecule is [B][C@@H]1CCCN1. The number of hydrogen-bond acceptors (Lipinski definition) is 1. The van der Waals surface area contributed by atoms with Crippen LogP contribution >= 0.6 is 0 Å². The van der Waals surface area contributed by atoms with Gasteiger partial charge in [-0.05, 0) is 25.3 Å². The highest BCUT2D eigenvalue weighted by Gasteiger charge is 2.05. The molecule has 0 saturated carbocycles. The Morgan fingerprint density at radius 3 is 2.67 bits per heavy atom. The van der Waals surface area contributed by atoms with Crippen LogP contribution in [0.4, 0.5) is 0 Å². The van der Waals surface area contributed by atoms with E-state index in [0.717, 1.165) is 13.0 Å². The smallest absolute Gasteiger partial charge is 0.0906 e. The molecule has 1 aliphatic heterocycles. The van der Waals surface area contributed by atoms with Gasteiger partial charge in [-0.2, -0.15) is 0 Å². The highest BCUT2D eigenvalue weighted by molar-refractivity contribution is 6.11. The third-order valence-corrected chi connectivity index (χ3v) is 1.10. The second-order valence-electron chi connectivity index (χ2n) is 1.70. The zero-order chi connectivity index (χ0) is 4.41. The van der Waals surface area contributed by atoms with Gasteiger partial charge in [0.25, 0.3) is 0 Å². The van der Waals surface area contributed by atoms with Crippen molar-refractivity contribution >= 4 is 7.85 Å². The van der Waals surface area contributed by atoms with Gasteiger partial charge >= 0.3 is 0 Å². The van der Waals surface area contributed by atoms with Crippen molar-refractivity contribution in [2.24, 2.45) is 0 Å². The normalized spacial score (nSPS) is 34.3. The van der Waals surface area contributed by atoms with E-state index in [0.29, 0.717) is 5.94 Å². The van der Waals surface area contributed by atoms with E-state index < -0.39 is 0 Å². The summed E-state index contributed by atoms with van der Waals surface area (Å²) >= 11 is 0. The third-order valence-electron chi connectivity index (χ3n) is 1.10. The zero-order valence-corrected chi connectivity index (χ0v) is 3.78. The molecule has 0 aromatic rings. The van der Waals surface area contributed by atoms with Crippen molar-refractivity contribution in [2.45, 2.75) is 18.8 Å². The molecule has 1 saturated heterocycles. The summed E-state index contributed by atoms with van der Waals surface area (Å²) in [4.78, 5) is 0. The van der Waals surface area contributed by atoms with Gasteiger partial charge in [0.05, 0.1) is 7.85 Å². The van der Waals surface area contributed by atoms with Gasteiger partial charge in [0.15, 0.2) is 0 Å². The molecule has 1 heterocycles. The van der Waals surface area contributed by atoms with Crippen LogP contribution in [0.25, 0.3) is 0 Å². The molecule has 0 aromatic carbocycles. The lowest BCUT2D eigenvalue weighted by Crippen LogP contribution is -2.20. The van der Waals surface area contributed by atoms with Gasteiger partial charge in [-0.1, -0.05) is 0 Å². The summed E-state index contributed by atoms with van der Waals surface area (Å²) in [6, 6.07) is 0. The Morgan fingerprint density at radius 2 is 2.50 bits per heavy atom. The van der Waals surface area contributed by atoms with Crippen molar-refractivity contribution < 1.29 is 0 Å². The molecule has 2 radical (unpaired) electrons. The maximum Gasteiger partial charge on any atom is 0.0906 e. The summed E-state index contributed by atoms with van der Waals surface area (Å²) in [6.07, 6.45) is 2.40. The fourth-order valence-electron chi connectivity index (χ4n) is 0.711. The molecule has 0 aromatic heterocycles. The molecule has 32 valence electrons. The molecular weight excluding hydrogens is 72.9 g/mol. The Kier molecular flexibility index (Phi) is 1.15. The average molecular weight is 80.9 g/mol. The lowest BCUT2D eigenvalue weighted by atomic mass is 9.96. The minimum absolute atomic E-state index is 0.296. The zero-order valence-electron chi connectivity index (χ0n) is 3.78. The highest BCUT2D eigenvalue weighted by atomic mass is 14.9. The van der Waals surface area contributed by atoms with Crippen molar-refractivity contribution in [1.29, 1.82) is 0 Å². The summed E-state index contributed by atoms with van der Waals surface area (Å²) in [5.41, 5.74) is 0. The molecule has 6 heavy (non-hydrogen) atoms. The van der Waals surface area contributed by atoms with Crippen LogP contribution in [0, 0.1) is 0 Å². The molecule has 0 aliphatic carbocycles. The minimum atomic E-state index is 0.296. The van der Waals surface area contributed by atoms with Crippen molar-refractivity contribution in [3.63, 3.8) is 0 Å². The van der Waals surface area contributed by atoms with E-state index in [1.165, 1.54) is 6.42 Å². The van der Waals surface area contributed by atoms with Gasteiger partial charge in [-0.3, -0.25) is 0 Å². The summed E-state index contributed by atoms with van der Waals surface area (Å²) in [5.74, 6) is 0.296. The monoisotopic (exact) mass is 81.1 g/mol. The predicted octanol–water partition coefficient (Wildman–Crippen LogP) is -0.136. The van der Waals surface area contributed by atoms with E-state index in [2.05, 4.69) is 5.32 Å². The van der Waals surface area contributed by atoms with Crippen LogP contribution in [-0.4, -0.2) is 20.3 Å². The Labute approximate surface area is 39.5 Å². The number of rotatable bonds is 0. The Bertz CT molecular complexity index is 40.8. The maximum atomic E-state index is 5.42. The first kappa shape index (κ1) is 4.19. The molecule has 1 rings (SSSR count). The molecule has 0 spiro atoms. The van der Waals surface area contributed by atoms with Crippen LogP contribution in [0.2, 0.25) is 0 Å².